The fourth-order valence-electron chi connectivity index (χ4n) is 1.10. The van der Waals surface area contributed by atoms with Gasteiger partial charge in [-0.3, -0.25) is 0 Å². The van der Waals surface area contributed by atoms with Crippen LogP contribution in [0.3, 0.4) is 0 Å². The van der Waals surface area contributed by atoms with Crippen molar-refractivity contribution in [1.82, 2.24) is 0 Å². The van der Waals surface area contributed by atoms with Gasteiger partial charge in [-0.15, -0.1) is 0 Å². The summed E-state index contributed by atoms with van der Waals surface area (Å²) in [6.45, 7) is 3.27. The molecule has 14 heavy (non-hydrogen) atoms. The van der Waals surface area contributed by atoms with Crippen molar-refractivity contribution >= 4 is 17.6 Å². The third kappa shape index (κ3) is 1.73. The molecule has 0 aliphatic heterocycles. The molecule has 0 spiro atoms. The van der Waals surface area contributed by atoms with Crippen molar-refractivity contribution < 1.29 is 13.9 Å². The maximum Gasteiger partial charge on any atom is 0.340 e. The molecule has 0 radical (unpaired) electrons. The molecule has 0 saturated carbocycles. The molecule has 76 valence electrons. The van der Waals surface area contributed by atoms with Crippen molar-refractivity contribution in [2.24, 2.45) is 0 Å². The fourth-order valence-corrected chi connectivity index (χ4v) is 1.35. The van der Waals surface area contributed by atoms with Gasteiger partial charge in [0.1, 0.15) is 5.82 Å². The van der Waals surface area contributed by atoms with Gasteiger partial charge in [0, 0.05) is 5.02 Å². The average molecular weight is 217 g/mol. The molecule has 2 nitrogen and oxygen atoms in total. The van der Waals surface area contributed by atoms with Crippen molar-refractivity contribution in [3.05, 3.63) is 33.6 Å². The zero-order chi connectivity index (χ0) is 10.9. The lowest BCUT2D eigenvalue weighted by atomic mass is 10.1. The molecule has 0 heterocycles. The highest BCUT2D eigenvalue weighted by Crippen LogP contribution is 2.25. The molecular formula is C10H10ClFO2. The van der Waals surface area contributed by atoms with Crippen LogP contribution in [0.15, 0.2) is 6.07 Å². The molecule has 0 amide bonds. The number of hydrogen-bond acceptors (Lipinski definition) is 2. The molecule has 0 fully saturated rings. The number of esters is 1. The second-order valence-electron chi connectivity index (χ2n) is 2.96. The summed E-state index contributed by atoms with van der Waals surface area (Å²) in [7, 11) is 1.20. The van der Waals surface area contributed by atoms with E-state index >= 15 is 0 Å². The van der Waals surface area contributed by atoms with E-state index in [0.29, 0.717) is 16.1 Å². The van der Waals surface area contributed by atoms with Gasteiger partial charge in [-0.2, -0.15) is 0 Å². The van der Waals surface area contributed by atoms with E-state index < -0.39 is 11.8 Å². The van der Waals surface area contributed by atoms with E-state index in [-0.39, 0.29) is 5.56 Å². The predicted octanol–water partition coefficient (Wildman–Crippen LogP) is 2.88. The smallest absolute Gasteiger partial charge is 0.340 e. The lowest BCUT2D eigenvalue weighted by Gasteiger charge is -2.08. The lowest BCUT2D eigenvalue weighted by Crippen LogP contribution is -2.07. The van der Waals surface area contributed by atoms with Gasteiger partial charge in [0.05, 0.1) is 12.7 Å². The molecule has 0 aliphatic carbocycles. The molecule has 0 atom stereocenters. The predicted molar refractivity (Wildman–Crippen MR) is 52.2 cm³/mol. The maximum absolute atomic E-state index is 13.5. The Bertz CT molecular complexity index is 388. The van der Waals surface area contributed by atoms with Crippen LogP contribution in [0, 0.1) is 19.7 Å². The maximum atomic E-state index is 13.5. The molecule has 1 rings (SSSR count). The first-order chi connectivity index (χ1) is 6.49. The Kier molecular flexibility index (Phi) is 3.11. The van der Waals surface area contributed by atoms with E-state index in [1.807, 2.05) is 0 Å². The van der Waals surface area contributed by atoms with Crippen LogP contribution in [-0.2, 0) is 4.74 Å². The second kappa shape index (κ2) is 3.96. The molecule has 0 aliphatic rings. The number of halogens is 2. The molecule has 0 saturated heterocycles. The topological polar surface area (TPSA) is 26.3 Å². The van der Waals surface area contributed by atoms with Crippen molar-refractivity contribution in [3.63, 3.8) is 0 Å². The Balaban J connectivity index is 3.40. The number of benzene rings is 1. The third-order valence-electron chi connectivity index (χ3n) is 2.16. The number of carbonyl (C=O) groups is 1. The summed E-state index contributed by atoms with van der Waals surface area (Å²) in [5.41, 5.74) is 0.885. The zero-order valence-corrected chi connectivity index (χ0v) is 8.91. The van der Waals surface area contributed by atoms with Gasteiger partial charge < -0.3 is 4.74 Å². The molecule has 0 unspecified atom stereocenters. The highest BCUT2D eigenvalue weighted by atomic mass is 35.5. The average Bonchev–Trinajstić information content (AvgIpc) is 2.19. The highest BCUT2D eigenvalue weighted by molar-refractivity contribution is 6.31. The Morgan fingerprint density at radius 2 is 2.00 bits per heavy atom. The number of methoxy groups -OCH3 is 1. The van der Waals surface area contributed by atoms with E-state index in [0.717, 1.165) is 0 Å². The summed E-state index contributed by atoms with van der Waals surface area (Å²) in [6.07, 6.45) is 0. The Morgan fingerprint density at radius 3 is 2.50 bits per heavy atom. The standard InChI is InChI=1S/C10H10ClFO2/c1-5-6(2)9(12)7(4-8(5)11)10(13)14-3/h4H,1-3H3. The Morgan fingerprint density at radius 1 is 1.43 bits per heavy atom. The van der Waals surface area contributed by atoms with Gasteiger partial charge in [-0.25, -0.2) is 9.18 Å². The van der Waals surface area contributed by atoms with Crippen LogP contribution >= 0.6 is 11.6 Å². The van der Waals surface area contributed by atoms with Crippen LogP contribution in [-0.4, -0.2) is 13.1 Å². The highest BCUT2D eigenvalue weighted by Gasteiger charge is 2.17. The zero-order valence-electron chi connectivity index (χ0n) is 8.15. The first-order valence-electron chi connectivity index (χ1n) is 4.02. The number of rotatable bonds is 1. The van der Waals surface area contributed by atoms with Crippen LogP contribution in [0.5, 0.6) is 0 Å². The van der Waals surface area contributed by atoms with Crippen LogP contribution < -0.4 is 0 Å². The summed E-state index contributed by atoms with van der Waals surface area (Å²) in [6, 6.07) is 1.28. The molecular weight excluding hydrogens is 207 g/mol. The minimum atomic E-state index is -0.715. The minimum absolute atomic E-state index is 0.124. The lowest BCUT2D eigenvalue weighted by molar-refractivity contribution is 0.0595. The number of hydrogen-bond donors (Lipinski definition) is 0. The van der Waals surface area contributed by atoms with Crippen LogP contribution in [0.1, 0.15) is 21.5 Å². The van der Waals surface area contributed by atoms with Gasteiger partial charge in [0.2, 0.25) is 0 Å². The van der Waals surface area contributed by atoms with Crippen LogP contribution in [0.4, 0.5) is 4.39 Å². The van der Waals surface area contributed by atoms with E-state index in [9.17, 15) is 9.18 Å². The Hall–Kier alpha value is -1.09. The molecule has 0 N–H and O–H groups in total. The third-order valence-corrected chi connectivity index (χ3v) is 2.56. The SMILES string of the molecule is COC(=O)c1cc(Cl)c(C)c(C)c1F. The van der Waals surface area contributed by atoms with E-state index in [1.54, 1.807) is 13.8 Å². The Labute approximate surface area is 86.6 Å². The number of carbonyl (C=O) groups excluding carboxylic acids is 1. The summed E-state index contributed by atoms with van der Waals surface area (Å²) in [5.74, 6) is -1.29. The monoisotopic (exact) mass is 216 g/mol. The van der Waals surface area contributed by atoms with E-state index in [4.69, 9.17) is 11.6 Å². The fraction of sp³-hybridized carbons (Fsp3) is 0.300. The van der Waals surface area contributed by atoms with Crippen molar-refractivity contribution in [2.45, 2.75) is 13.8 Å². The van der Waals surface area contributed by atoms with Gasteiger partial charge in [0.25, 0.3) is 0 Å². The summed E-state index contributed by atoms with van der Waals surface area (Å²) < 4.78 is 17.9. The summed E-state index contributed by atoms with van der Waals surface area (Å²) >= 11 is 5.82. The minimum Gasteiger partial charge on any atom is -0.465 e. The van der Waals surface area contributed by atoms with E-state index in [1.165, 1.54) is 13.2 Å². The summed E-state index contributed by atoms with van der Waals surface area (Å²) in [5, 5.41) is 0.365. The van der Waals surface area contributed by atoms with E-state index in [2.05, 4.69) is 4.74 Å². The first-order valence-corrected chi connectivity index (χ1v) is 4.40. The largest absolute Gasteiger partial charge is 0.465 e. The van der Waals surface area contributed by atoms with Crippen LogP contribution in [0.25, 0.3) is 0 Å². The second-order valence-corrected chi connectivity index (χ2v) is 3.37. The normalized spacial score (nSPS) is 10.1. The van der Waals surface area contributed by atoms with Crippen molar-refractivity contribution in [3.8, 4) is 0 Å². The molecule has 4 heteroatoms. The molecule has 1 aromatic rings. The first kappa shape index (κ1) is 11.0. The van der Waals surface area contributed by atoms with Gasteiger partial charge >= 0.3 is 5.97 Å². The van der Waals surface area contributed by atoms with Crippen molar-refractivity contribution in [2.75, 3.05) is 7.11 Å². The molecule has 0 aromatic heterocycles. The quantitative estimate of drug-likeness (QED) is 0.675. The van der Waals surface area contributed by atoms with Gasteiger partial charge in [-0.1, -0.05) is 11.6 Å². The molecule has 0 bridgehead atoms. The van der Waals surface area contributed by atoms with Crippen LogP contribution in [0.2, 0.25) is 5.02 Å². The summed E-state index contributed by atoms with van der Waals surface area (Å²) in [4.78, 5) is 11.1. The van der Waals surface area contributed by atoms with Gasteiger partial charge in [-0.05, 0) is 31.0 Å². The van der Waals surface area contributed by atoms with Gasteiger partial charge in [0.15, 0.2) is 0 Å². The van der Waals surface area contributed by atoms with Crippen molar-refractivity contribution in [1.29, 1.82) is 0 Å². The molecule has 1 aromatic carbocycles. The number of ether oxygens (including phenoxy) is 1.